The van der Waals surface area contributed by atoms with Crippen LogP contribution in [-0.2, 0) is 0 Å². The molecule has 72 valence electrons. The topological polar surface area (TPSA) is 46.2 Å². The molecule has 0 fully saturated rings. The van der Waals surface area contributed by atoms with Crippen LogP contribution in [0.25, 0.3) is 0 Å². The van der Waals surface area contributed by atoms with Crippen molar-refractivity contribution in [3.8, 4) is 0 Å². The molecule has 0 radical (unpaired) electrons. The van der Waals surface area contributed by atoms with Crippen LogP contribution in [0.5, 0.6) is 0 Å². The van der Waals surface area contributed by atoms with E-state index in [2.05, 4.69) is 0 Å². The smallest absolute Gasteiger partial charge is 0.0704 e. The zero-order valence-electron chi connectivity index (χ0n) is 8.41. The summed E-state index contributed by atoms with van der Waals surface area (Å²) in [6, 6.07) is 5.72. The van der Waals surface area contributed by atoms with Gasteiger partial charge in [0.2, 0.25) is 0 Å². The van der Waals surface area contributed by atoms with Crippen LogP contribution in [0.4, 0.5) is 0 Å². The molecule has 0 aliphatic heterocycles. The summed E-state index contributed by atoms with van der Waals surface area (Å²) >= 11 is 0. The van der Waals surface area contributed by atoms with Gasteiger partial charge in [0.05, 0.1) is 12.1 Å². The van der Waals surface area contributed by atoms with Gasteiger partial charge < -0.3 is 10.8 Å². The second-order valence-electron chi connectivity index (χ2n) is 3.56. The summed E-state index contributed by atoms with van der Waals surface area (Å²) in [5, 5.41) is 9.36. The number of nitrogens with two attached hydrogens (primary N) is 1. The van der Waals surface area contributed by atoms with Crippen molar-refractivity contribution < 1.29 is 5.11 Å². The molecule has 1 aromatic carbocycles. The lowest BCUT2D eigenvalue weighted by molar-refractivity contribution is 0.164. The van der Waals surface area contributed by atoms with E-state index in [0.29, 0.717) is 0 Å². The molecule has 0 spiro atoms. The van der Waals surface area contributed by atoms with Crippen molar-refractivity contribution in [2.75, 3.05) is 0 Å². The average Bonchev–Trinajstić information content (AvgIpc) is 2.08. The molecule has 0 aromatic heterocycles. The van der Waals surface area contributed by atoms with Crippen LogP contribution in [0.2, 0.25) is 0 Å². The molecule has 2 unspecified atom stereocenters. The monoisotopic (exact) mass is 179 g/mol. The summed E-state index contributed by atoms with van der Waals surface area (Å²) in [7, 11) is 0. The highest BCUT2D eigenvalue weighted by molar-refractivity contribution is 5.35. The highest BCUT2D eigenvalue weighted by Gasteiger charge is 2.14. The first-order chi connectivity index (χ1) is 6.04. The van der Waals surface area contributed by atoms with Crippen molar-refractivity contribution in [3.05, 3.63) is 34.9 Å². The van der Waals surface area contributed by atoms with Crippen molar-refractivity contribution in [2.45, 2.75) is 32.9 Å². The van der Waals surface area contributed by atoms with Gasteiger partial charge in [-0.2, -0.15) is 0 Å². The maximum absolute atomic E-state index is 9.36. The van der Waals surface area contributed by atoms with Gasteiger partial charge in [-0.3, -0.25) is 0 Å². The third-order valence-electron chi connectivity index (χ3n) is 2.53. The lowest BCUT2D eigenvalue weighted by atomic mass is 9.95. The largest absolute Gasteiger partial charge is 0.391 e. The maximum atomic E-state index is 9.36. The number of aliphatic hydroxyl groups excluding tert-OH is 1. The molecule has 1 aromatic rings. The molecule has 2 atom stereocenters. The van der Waals surface area contributed by atoms with Gasteiger partial charge in [0.1, 0.15) is 0 Å². The molecule has 2 nitrogen and oxygen atoms in total. The van der Waals surface area contributed by atoms with Gasteiger partial charge >= 0.3 is 0 Å². The highest BCUT2D eigenvalue weighted by atomic mass is 16.3. The number of aliphatic hydroxyl groups is 1. The van der Waals surface area contributed by atoms with Gasteiger partial charge in [-0.25, -0.2) is 0 Å². The van der Waals surface area contributed by atoms with Crippen molar-refractivity contribution in [1.29, 1.82) is 0 Å². The summed E-state index contributed by atoms with van der Waals surface area (Å²) in [5.41, 5.74) is 9.29. The standard InChI is InChI=1S/C11H17NO/c1-7-5-4-6-10(8(7)2)11(12)9(3)13/h4-6,9,11,13H,12H2,1-3H3. The minimum Gasteiger partial charge on any atom is -0.391 e. The molecule has 0 aliphatic rings. The first kappa shape index (κ1) is 10.2. The average molecular weight is 179 g/mol. The molecular formula is C11H17NO. The molecule has 0 saturated carbocycles. The number of aryl methyl sites for hydroxylation is 1. The number of hydrogen-bond donors (Lipinski definition) is 2. The fourth-order valence-electron chi connectivity index (χ4n) is 1.39. The second-order valence-corrected chi connectivity index (χ2v) is 3.56. The van der Waals surface area contributed by atoms with Crippen LogP contribution >= 0.6 is 0 Å². The van der Waals surface area contributed by atoms with E-state index < -0.39 is 6.10 Å². The van der Waals surface area contributed by atoms with E-state index in [-0.39, 0.29) is 6.04 Å². The Hall–Kier alpha value is -0.860. The Balaban J connectivity index is 3.07. The maximum Gasteiger partial charge on any atom is 0.0704 e. The van der Waals surface area contributed by atoms with Crippen LogP contribution < -0.4 is 5.73 Å². The van der Waals surface area contributed by atoms with Crippen molar-refractivity contribution in [3.63, 3.8) is 0 Å². The first-order valence-corrected chi connectivity index (χ1v) is 4.53. The third-order valence-corrected chi connectivity index (χ3v) is 2.53. The molecule has 0 amide bonds. The molecule has 0 heterocycles. The minimum absolute atomic E-state index is 0.278. The van der Waals surface area contributed by atoms with Gasteiger partial charge in [0.25, 0.3) is 0 Å². The molecule has 13 heavy (non-hydrogen) atoms. The van der Waals surface area contributed by atoms with Crippen molar-refractivity contribution in [1.82, 2.24) is 0 Å². The lowest BCUT2D eigenvalue weighted by Gasteiger charge is -2.18. The molecular weight excluding hydrogens is 162 g/mol. The Morgan fingerprint density at radius 2 is 1.92 bits per heavy atom. The van der Waals surface area contributed by atoms with E-state index in [0.717, 1.165) is 5.56 Å². The van der Waals surface area contributed by atoms with Gasteiger partial charge in [-0.15, -0.1) is 0 Å². The van der Waals surface area contributed by atoms with Gasteiger partial charge in [-0.05, 0) is 37.5 Å². The van der Waals surface area contributed by atoms with E-state index in [4.69, 9.17) is 5.73 Å². The zero-order chi connectivity index (χ0) is 10.0. The van der Waals surface area contributed by atoms with Crippen LogP contribution in [0, 0.1) is 13.8 Å². The molecule has 0 aliphatic carbocycles. The Kier molecular flexibility index (Phi) is 3.07. The first-order valence-electron chi connectivity index (χ1n) is 4.53. The summed E-state index contributed by atoms with van der Waals surface area (Å²) in [5.74, 6) is 0. The van der Waals surface area contributed by atoms with Crippen LogP contribution in [0.3, 0.4) is 0 Å². The minimum atomic E-state index is -0.500. The number of rotatable bonds is 2. The van der Waals surface area contributed by atoms with Crippen LogP contribution in [0.15, 0.2) is 18.2 Å². The van der Waals surface area contributed by atoms with Crippen LogP contribution in [0.1, 0.15) is 29.7 Å². The molecule has 0 saturated heterocycles. The molecule has 3 N–H and O–H groups in total. The third kappa shape index (κ3) is 2.08. The predicted molar refractivity (Wildman–Crippen MR) is 54.5 cm³/mol. The Morgan fingerprint density at radius 1 is 1.31 bits per heavy atom. The van der Waals surface area contributed by atoms with E-state index in [1.807, 2.05) is 32.0 Å². The van der Waals surface area contributed by atoms with E-state index in [1.54, 1.807) is 6.92 Å². The van der Waals surface area contributed by atoms with Crippen molar-refractivity contribution >= 4 is 0 Å². The number of hydrogen-bond acceptors (Lipinski definition) is 2. The molecule has 2 heteroatoms. The van der Waals surface area contributed by atoms with Crippen LogP contribution in [-0.4, -0.2) is 11.2 Å². The molecule has 0 bridgehead atoms. The van der Waals surface area contributed by atoms with E-state index >= 15 is 0 Å². The summed E-state index contributed by atoms with van der Waals surface area (Å²) in [4.78, 5) is 0. The Bertz CT molecular complexity index is 294. The fraction of sp³-hybridized carbons (Fsp3) is 0.455. The molecule has 1 rings (SSSR count). The van der Waals surface area contributed by atoms with Gasteiger partial charge in [0, 0.05) is 0 Å². The summed E-state index contributed by atoms with van der Waals surface area (Å²) in [6.45, 7) is 5.80. The lowest BCUT2D eigenvalue weighted by Crippen LogP contribution is -2.24. The SMILES string of the molecule is Cc1cccc(C(N)C(C)O)c1C. The van der Waals surface area contributed by atoms with Crippen molar-refractivity contribution in [2.24, 2.45) is 5.73 Å². The second kappa shape index (κ2) is 3.90. The zero-order valence-corrected chi connectivity index (χ0v) is 8.41. The highest BCUT2D eigenvalue weighted by Crippen LogP contribution is 2.20. The number of benzene rings is 1. The summed E-state index contributed by atoms with van der Waals surface area (Å²) < 4.78 is 0. The van der Waals surface area contributed by atoms with Gasteiger partial charge in [-0.1, -0.05) is 18.2 Å². The van der Waals surface area contributed by atoms with E-state index in [1.165, 1.54) is 11.1 Å². The fourth-order valence-corrected chi connectivity index (χ4v) is 1.39. The Morgan fingerprint density at radius 3 is 2.46 bits per heavy atom. The van der Waals surface area contributed by atoms with Gasteiger partial charge in [0.15, 0.2) is 0 Å². The van der Waals surface area contributed by atoms with E-state index in [9.17, 15) is 5.11 Å². The predicted octanol–water partition coefficient (Wildman–Crippen LogP) is 1.68. The summed E-state index contributed by atoms with van der Waals surface area (Å²) in [6.07, 6.45) is -0.500. The Labute approximate surface area is 79.4 Å². The normalized spacial score (nSPS) is 15.5. The quantitative estimate of drug-likeness (QED) is 0.725.